The highest BCUT2D eigenvalue weighted by Gasteiger charge is 2.14. The summed E-state index contributed by atoms with van der Waals surface area (Å²) in [4.78, 5) is 6.84. The van der Waals surface area contributed by atoms with Crippen molar-refractivity contribution >= 4 is 29.9 Å². The number of guanidine groups is 1. The summed E-state index contributed by atoms with van der Waals surface area (Å²) in [5.41, 5.74) is 1.39. The van der Waals surface area contributed by atoms with Gasteiger partial charge in [0.25, 0.3) is 0 Å². The maximum atomic E-state index is 5.41. The number of aliphatic imine (C=N–C) groups is 1. The Bertz CT molecular complexity index is 506. The fourth-order valence-electron chi connectivity index (χ4n) is 3.09. The topological polar surface area (TPSA) is 48.9 Å². The zero-order chi connectivity index (χ0) is 17.9. The molecule has 1 aliphatic rings. The van der Waals surface area contributed by atoms with Crippen LogP contribution in [0, 0.1) is 5.92 Å². The van der Waals surface area contributed by atoms with Gasteiger partial charge in [-0.1, -0.05) is 37.3 Å². The molecule has 1 aromatic carbocycles. The Morgan fingerprint density at radius 1 is 1.19 bits per heavy atom. The van der Waals surface area contributed by atoms with Gasteiger partial charge in [-0.25, -0.2) is 0 Å². The van der Waals surface area contributed by atoms with Gasteiger partial charge in [-0.15, -0.1) is 24.0 Å². The summed E-state index contributed by atoms with van der Waals surface area (Å²) >= 11 is 0. The van der Waals surface area contributed by atoms with Gasteiger partial charge in [0.05, 0.1) is 13.2 Å². The third kappa shape index (κ3) is 9.19. The molecule has 0 amide bonds. The summed E-state index contributed by atoms with van der Waals surface area (Å²) < 4.78 is 5.41. The third-order valence-electron chi connectivity index (χ3n) is 4.61. The molecule has 2 rings (SSSR count). The summed E-state index contributed by atoms with van der Waals surface area (Å²) in [6.45, 7) is 10.4. The van der Waals surface area contributed by atoms with Crippen molar-refractivity contribution in [3.05, 3.63) is 35.9 Å². The van der Waals surface area contributed by atoms with Gasteiger partial charge in [0.2, 0.25) is 0 Å². The molecule has 0 bridgehead atoms. The lowest BCUT2D eigenvalue weighted by molar-refractivity contribution is 0.0320. The molecular weight excluding hydrogens is 439 g/mol. The van der Waals surface area contributed by atoms with Crippen molar-refractivity contribution in [2.75, 3.05) is 46.4 Å². The van der Waals surface area contributed by atoms with Crippen LogP contribution >= 0.6 is 24.0 Å². The highest BCUT2D eigenvalue weighted by molar-refractivity contribution is 14.0. The van der Waals surface area contributed by atoms with Gasteiger partial charge in [-0.2, -0.15) is 0 Å². The molecule has 148 valence electrons. The van der Waals surface area contributed by atoms with E-state index in [1.54, 1.807) is 0 Å². The van der Waals surface area contributed by atoms with Crippen LogP contribution in [0.15, 0.2) is 35.3 Å². The van der Waals surface area contributed by atoms with E-state index in [0.717, 1.165) is 58.2 Å². The van der Waals surface area contributed by atoms with Crippen LogP contribution in [0.3, 0.4) is 0 Å². The minimum absolute atomic E-state index is 0. The molecule has 1 aromatic rings. The molecule has 1 aliphatic heterocycles. The van der Waals surface area contributed by atoms with Gasteiger partial charge in [0, 0.05) is 39.3 Å². The lowest BCUT2D eigenvalue weighted by Crippen LogP contribution is -2.46. The molecule has 26 heavy (non-hydrogen) atoms. The number of nitrogens with zero attached hydrogens (tertiary/aromatic N) is 2. The predicted octanol–water partition coefficient (Wildman–Crippen LogP) is 2.76. The standard InChI is InChI=1S/C20H34N4O.HI/c1-17(16-24-11-13-25-14-12-24)15-22-20(21-3)23-18(2)9-10-19-7-5-4-6-8-19;/h4-8,17-18H,9-16H2,1-3H3,(H2,21,22,23);1H. The van der Waals surface area contributed by atoms with Crippen molar-refractivity contribution in [1.82, 2.24) is 15.5 Å². The Morgan fingerprint density at radius 3 is 2.54 bits per heavy atom. The predicted molar refractivity (Wildman–Crippen MR) is 121 cm³/mol. The van der Waals surface area contributed by atoms with E-state index in [4.69, 9.17) is 4.74 Å². The van der Waals surface area contributed by atoms with E-state index in [0.29, 0.717) is 12.0 Å². The molecule has 5 nitrogen and oxygen atoms in total. The number of nitrogens with one attached hydrogen (secondary N) is 2. The van der Waals surface area contributed by atoms with E-state index in [2.05, 4.69) is 64.7 Å². The maximum Gasteiger partial charge on any atom is 0.191 e. The first-order chi connectivity index (χ1) is 12.2. The van der Waals surface area contributed by atoms with Crippen molar-refractivity contribution in [2.45, 2.75) is 32.7 Å². The molecule has 2 unspecified atom stereocenters. The lowest BCUT2D eigenvalue weighted by Gasteiger charge is -2.29. The van der Waals surface area contributed by atoms with E-state index in [-0.39, 0.29) is 24.0 Å². The summed E-state index contributed by atoms with van der Waals surface area (Å²) in [6.07, 6.45) is 2.17. The lowest BCUT2D eigenvalue weighted by atomic mass is 10.1. The molecule has 2 atom stereocenters. The normalized spacial score (nSPS) is 17.9. The van der Waals surface area contributed by atoms with Crippen LogP contribution in [0.25, 0.3) is 0 Å². The number of morpholine rings is 1. The van der Waals surface area contributed by atoms with Gasteiger partial charge in [0.15, 0.2) is 5.96 Å². The molecule has 1 heterocycles. The second kappa shape index (κ2) is 13.3. The summed E-state index contributed by atoms with van der Waals surface area (Å²) in [5, 5.41) is 6.97. The Kier molecular flexibility index (Phi) is 11.9. The molecule has 0 spiro atoms. The number of halogens is 1. The highest BCUT2D eigenvalue weighted by atomic mass is 127. The molecule has 0 aliphatic carbocycles. The smallest absolute Gasteiger partial charge is 0.191 e. The van der Waals surface area contributed by atoms with Crippen molar-refractivity contribution in [3.8, 4) is 0 Å². The quantitative estimate of drug-likeness (QED) is 0.346. The highest BCUT2D eigenvalue weighted by Crippen LogP contribution is 2.05. The summed E-state index contributed by atoms with van der Waals surface area (Å²) in [6, 6.07) is 11.0. The maximum absolute atomic E-state index is 5.41. The second-order valence-electron chi connectivity index (χ2n) is 7.04. The molecule has 1 fully saturated rings. The molecule has 0 radical (unpaired) electrons. The minimum atomic E-state index is 0. The molecule has 6 heteroatoms. The molecule has 0 aromatic heterocycles. The minimum Gasteiger partial charge on any atom is -0.379 e. The number of rotatable bonds is 8. The van der Waals surface area contributed by atoms with Gasteiger partial charge in [-0.3, -0.25) is 9.89 Å². The van der Waals surface area contributed by atoms with Crippen LogP contribution in [0.2, 0.25) is 0 Å². The van der Waals surface area contributed by atoms with Gasteiger partial charge < -0.3 is 15.4 Å². The number of ether oxygens (including phenoxy) is 1. The average Bonchev–Trinajstić information content (AvgIpc) is 2.65. The van der Waals surface area contributed by atoms with Crippen LogP contribution in [0.1, 0.15) is 25.8 Å². The first-order valence-electron chi connectivity index (χ1n) is 9.48. The average molecular weight is 474 g/mol. The fraction of sp³-hybridized carbons (Fsp3) is 0.650. The Hall–Kier alpha value is -0.860. The first kappa shape index (κ1) is 23.2. The van der Waals surface area contributed by atoms with Crippen LogP contribution in [0.4, 0.5) is 0 Å². The van der Waals surface area contributed by atoms with Crippen LogP contribution < -0.4 is 10.6 Å². The van der Waals surface area contributed by atoms with Gasteiger partial charge in [0.1, 0.15) is 0 Å². The van der Waals surface area contributed by atoms with Gasteiger partial charge in [-0.05, 0) is 31.2 Å². The van der Waals surface area contributed by atoms with Gasteiger partial charge >= 0.3 is 0 Å². The van der Waals surface area contributed by atoms with E-state index < -0.39 is 0 Å². The van der Waals surface area contributed by atoms with Crippen LogP contribution in [-0.2, 0) is 11.2 Å². The zero-order valence-electron chi connectivity index (χ0n) is 16.4. The Labute approximate surface area is 176 Å². The van der Waals surface area contributed by atoms with Crippen LogP contribution in [-0.4, -0.2) is 63.3 Å². The monoisotopic (exact) mass is 474 g/mol. The Morgan fingerprint density at radius 2 is 1.88 bits per heavy atom. The van der Waals surface area contributed by atoms with E-state index in [9.17, 15) is 0 Å². The van der Waals surface area contributed by atoms with E-state index in [1.165, 1.54) is 5.56 Å². The molecule has 0 saturated carbocycles. The fourth-order valence-corrected chi connectivity index (χ4v) is 3.09. The molecule has 2 N–H and O–H groups in total. The van der Waals surface area contributed by atoms with Crippen molar-refractivity contribution < 1.29 is 4.74 Å². The third-order valence-corrected chi connectivity index (χ3v) is 4.61. The number of benzene rings is 1. The van der Waals surface area contributed by atoms with Crippen molar-refractivity contribution in [3.63, 3.8) is 0 Å². The number of aryl methyl sites for hydroxylation is 1. The van der Waals surface area contributed by atoms with Crippen molar-refractivity contribution in [1.29, 1.82) is 0 Å². The largest absolute Gasteiger partial charge is 0.379 e. The molecule has 1 saturated heterocycles. The number of hydrogen-bond donors (Lipinski definition) is 2. The second-order valence-corrected chi connectivity index (χ2v) is 7.04. The van der Waals surface area contributed by atoms with Crippen LogP contribution in [0.5, 0.6) is 0 Å². The number of hydrogen-bond acceptors (Lipinski definition) is 3. The summed E-state index contributed by atoms with van der Waals surface area (Å²) in [7, 11) is 1.84. The van der Waals surface area contributed by atoms with Crippen molar-refractivity contribution in [2.24, 2.45) is 10.9 Å². The first-order valence-corrected chi connectivity index (χ1v) is 9.48. The van der Waals surface area contributed by atoms with E-state index in [1.807, 2.05) is 7.05 Å². The molecular formula is C20H35IN4O. The SMILES string of the molecule is CN=C(NCC(C)CN1CCOCC1)NC(C)CCc1ccccc1.I. The summed E-state index contributed by atoms with van der Waals surface area (Å²) in [5.74, 6) is 1.48. The Balaban J connectivity index is 0.00000338. The van der Waals surface area contributed by atoms with E-state index >= 15 is 0 Å². The zero-order valence-corrected chi connectivity index (χ0v) is 18.7.